The summed E-state index contributed by atoms with van der Waals surface area (Å²) in [5.41, 5.74) is -0.308. The normalized spacial score (nSPS) is 12.6. The van der Waals surface area contributed by atoms with Crippen LogP contribution in [0.25, 0.3) is 10.9 Å². The number of nitrogens with zero attached hydrogens (tertiary/aromatic N) is 2. The fourth-order valence-electron chi connectivity index (χ4n) is 3.09. The van der Waals surface area contributed by atoms with Gasteiger partial charge in [-0.15, -0.1) is 0 Å². The molecule has 3 N–H and O–H groups in total. The second kappa shape index (κ2) is 10.9. The number of hydroxylamine groups is 1. The van der Waals surface area contributed by atoms with Gasteiger partial charge in [-0.3, -0.25) is 0 Å². The number of quaternary nitrogens is 1. The number of hydrogen-bond donors (Lipinski definition) is 2. The molecule has 3 rings (SSSR count). The number of ether oxygens (including phenoxy) is 1. The van der Waals surface area contributed by atoms with Gasteiger partial charge in [0.05, 0.1) is 5.39 Å². The van der Waals surface area contributed by atoms with Crippen LogP contribution >= 0.6 is 0 Å². The summed E-state index contributed by atoms with van der Waals surface area (Å²) in [4.78, 5) is 7.74. The van der Waals surface area contributed by atoms with E-state index in [2.05, 4.69) is 21.9 Å². The average molecular weight is 478 g/mol. The first-order valence-electron chi connectivity index (χ1n) is 9.89. The molecule has 0 aliphatic carbocycles. The predicted molar refractivity (Wildman–Crippen MR) is 116 cm³/mol. The summed E-state index contributed by atoms with van der Waals surface area (Å²) in [7, 11) is 0. The maximum atomic E-state index is 14.2. The number of alkyl halides is 3. The lowest BCUT2D eigenvalue weighted by atomic mass is 10.1. The summed E-state index contributed by atoms with van der Waals surface area (Å²) in [5, 5.41) is 13.7. The van der Waals surface area contributed by atoms with Crippen LogP contribution in [0.2, 0.25) is 0 Å². The van der Waals surface area contributed by atoms with Crippen molar-refractivity contribution in [1.29, 1.82) is 0 Å². The third-order valence-electron chi connectivity index (χ3n) is 4.62. The number of nitrogens with two attached hydrogens (primary N) is 1. The zero-order valence-electron chi connectivity index (χ0n) is 17.6. The molecule has 3 aromatic rings. The van der Waals surface area contributed by atoms with E-state index in [0.29, 0.717) is 25.2 Å². The van der Waals surface area contributed by atoms with Crippen molar-refractivity contribution in [3.05, 3.63) is 101 Å². The van der Waals surface area contributed by atoms with Gasteiger partial charge in [-0.25, -0.2) is 18.7 Å². The highest BCUT2D eigenvalue weighted by Gasteiger charge is 2.37. The van der Waals surface area contributed by atoms with Crippen LogP contribution in [0.1, 0.15) is 5.56 Å². The van der Waals surface area contributed by atoms with Gasteiger partial charge in [0.2, 0.25) is 0 Å². The fraction of sp³-hybridized carbons (Fsp3) is 0.130. The number of benzene rings is 2. The van der Waals surface area contributed by atoms with Gasteiger partial charge >= 0.3 is 6.18 Å². The molecule has 0 saturated heterocycles. The first-order chi connectivity index (χ1) is 16.2. The molecule has 0 bridgehead atoms. The number of fused-ring (bicyclic) bond motifs is 1. The number of anilines is 1. The minimum Gasteiger partial charge on any atom is -0.631 e. The van der Waals surface area contributed by atoms with E-state index in [0.717, 1.165) is 30.1 Å². The number of nitrogens with one attached hydrogen (secondary N) is 1. The topological polar surface area (TPSA) is 86.7 Å². The minimum atomic E-state index is -4.75. The van der Waals surface area contributed by atoms with Gasteiger partial charge < -0.3 is 20.7 Å². The van der Waals surface area contributed by atoms with Crippen molar-refractivity contribution in [3.8, 4) is 5.75 Å². The van der Waals surface area contributed by atoms with E-state index in [1.54, 1.807) is 12.1 Å². The lowest BCUT2D eigenvalue weighted by Crippen LogP contribution is -2.70. The average Bonchev–Trinajstić information content (AvgIpc) is 2.80. The lowest BCUT2D eigenvalue weighted by molar-refractivity contribution is -0.516. The van der Waals surface area contributed by atoms with E-state index in [4.69, 9.17) is 4.74 Å². The summed E-state index contributed by atoms with van der Waals surface area (Å²) in [6.07, 6.45) is -0.858. The third-order valence-corrected chi connectivity index (χ3v) is 4.62. The molecule has 6 nitrogen and oxygen atoms in total. The molecule has 0 fully saturated rings. The Balaban J connectivity index is 1.68. The van der Waals surface area contributed by atoms with Crippen LogP contribution in [0, 0.1) is 16.8 Å². The maximum Gasteiger partial charge on any atom is 0.420 e. The van der Waals surface area contributed by atoms with Gasteiger partial charge in [-0.1, -0.05) is 24.8 Å². The first kappa shape index (κ1) is 24.8. The van der Waals surface area contributed by atoms with Crippen LogP contribution in [0.15, 0.2) is 79.0 Å². The van der Waals surface area contributed by atoms with Crippen LogP contribution in [-0.4, -0.2) is 22.7 Å². The Bertz CT molecular complexity index is 1220. The van der Waals surface area contributed by atoms with Crippen molar-refractivity contribution < 1.29 is 32.2 Å². The Morgan fingerprint density at radius 3 is 2.44 bits per heavy atom. The summed E-state index contributed by atoms with van der Waals surface area (Å²) in [5.74, 6) is -1.77. The molecule has 0 aliphatic heterocycles. The molecular weight excluding hydrogens is 459 g/mol. The molecule has 2 aromatic carbocycles. The predicted octanol–water partition coefficient (Wildman–Crippen LogP) is 4.52. The van der Waals surface area contributed by atoms with Gasteiger partial charge in [0.15, 0.2) is 5.76 Å². The Hall–Kier alpha value is -3.83. The van der Waals surface area contributed by atoms with Crippen molar-refractivity contribution in [2.75, 3.05) is 11.9 Å². The molecular formula is C23H19F5N4O2. The number of halogens is 5. The number of aromatic nitrogens is 2. The molecule has 0 atom stereocenters. The van der Waals surface area contributed by atoms with E-state index < -0.39 is 29.1 Å². The van der Waals surface area contributed by atoms with Gasteiger partial charge in [0, 0.05) is 6.54 Å². The summed E-state index contributed by atoms with van der Waals surface area (Å²) in [6.45, 7) is 3.56. The zero-order valence-corrected chi connectivity index (χ0v) is 17.6. The third kappa shape index (κ3) is 5.94. The number of hydrogen-bond acceptors (Lipinski definition) is 5. The summed E-state index contributed by atoms with van der Waals surface area (Å²) in [6, 6.07) is 8.12. The molecule has 1 aromatic heterocycles. The monoisotopic (exact) mass is 478 g/mol. The lowest BCUT2D eigenvalue weighted by Gasteiger charge is -2.15. The van der Waals surface area contributed by atoms with Crippen LogP contribution in [0.3, 0.4) is 0 Å². The quantitative estimate of drug-likeness (QED) is 0.204. The molecule has 178 valence electrons. The molecule has 0 radical (unpaired) electrons. The largest absolute Gasteiger partial charge is 0.631 e. The van der Waals surface area contributed by atoms with E-state index in [1.165, 1.54) is 12.1 Å². The summed E-state index contributed by atoms with van der Waals surface area (Å²) < 4.78 is 73.1. The first-order valence-corrected chi connectivity index (χ1v) is 9.89. The molecule has 34 heavy (non-hydrogen) atoms. The second-order valence-electron chi connectivity index (χ2n) is 6.88. The Morgan fingerprint density at radius 1 is 1.09 bits per heavy atom. The van der Waals surface area contributed by atoms with Gasteiger partial charge in [-0.05, 0) is 42.3 Å². The van der Waals surface area contributed by atoms with Gasteiger partial charge in [0.1, 0.15) is 46.8 Å². The van der Waals surface area contributed by atoms with Crippen LogP contribution < -0.4 is 15.5 Å². The van der Waals surface area contributed by atoms with Crippen LogP contribution in [0.4, 0.5) is 27.8 Å². The highest BCUT2D eigenvalue weighted by Crippen LogP contribution is 2.32. The highest BCUT2D eigenvalue weighted by molar-refractivity contribution is 5.89. The molecule has 0 saturated carbocycles. The Labute approximate surface area is 191 Å². The fourth-order valence-corrected chi connectivity index (χ4v) is 3.09. The Kier molecular flexibility index (Phi) is 7.92. The standard InChI is InChI=1S/C23H19F5N4O2/c1-2-3-16(23(26,27)28)19(12-32-33)34-15-6-4-14(5-7-15)10-11-29-22-20-17(24)8-9-18(25)21(20)30-13-31-22/h2-9,12-13H,1,10-11,32H2,(H,29,30,31)/b16-3+,19-12+. The van der Waals surface area contributed by atoms with E-state index in [-0.39, 0.29) is 28.0 Å². The molecule has 1 heterocycles. The van der Waals surface area contributed by atoms with E-state index >= 15 is 0 Å². The second-order valence-corrected chi connectivity index (χ2v) is 6.88. The molecule has 0 unspecified atom stereocenters. The van der Waals surface area contributed by atoms with E-state index in [1.807, 2.05) is 0 Å². The van der Waals surface area contributed by atoms with Crippen molar-refractivity contribution in [2.45, 2.75) is 12.6 Å². The van der Waals surface area contributed by atoms with Crippen molar-refractivity contribution >= 4 is 16.7 Å². The van der Waals surface area contributed by atoms with Crippen LogP contribution in [-0.2, 0) is 6.42 Å². The number of rotatable bonds is 9. The van der Waals surface area contributed by atoms with Crippen molar-refractivity contribution in [1.82, 2.24) is 9.97 Å². The molecule has 11 heteroatoms. The zero-order chi connectivity index (χ0) is 24.7. The minimum absolute atomic E-state index is 0.0613. The van der Waals surface area contributed by atoms with Crippen molar-refractivity contribution in [3.63, 3.8) is 0 Å². The Morgan fingerprint density at radius 2 is 1.79 bits per heavy atom. The highest BCUT2D eigenvalue weighted by atomic mass is 19.4. The SMILES string of the molecule is C=C/C=C(\C(=C/[NH2+][O-])Oc1ccc(CCNc2ncnc3c(F)ccc(F)c23)cc1)C(F)(F)F. The van der Waals surface area contributed by atoms with Crippen LogP contribution in [0.5, 0.6) is 5.75 Å². The maximum absolute atomic E-state index is 14.2. The van der Waals surface area contributed by atoms with Gasteiger partial charge in [0.25, 0.3) is 0 Å². The number of allylic oxidation sites excluding steroid dienone is 3. The van der Waals surface area contributed by atoms with Gasteiger partial charge in [-0.2, -0.15) is 13.2 Å². The van der Waals surface area contributed by atoms with Crippen molar-refractivity contribution in [2.24, 2.45) is 0 Å². The molecule has 0 spiro atoms. The summed E-state index contributed by atoms with van der Waals surface area (Å²) >= 11 is 0. The molecule has 0 aliphatic rings. The molecule has 0 amide bonds. The smallest absolute Gasteiger partial charge is 0.420 e. The van der Waals surface area contributed by atoms with E-state index in [9.17, 15) is 27.2 Å².